The van der Waals surface area contributed by atoms with E-state index in [0.29, 0.717) is 13.1 Å². The number of amides is 2. The molecule has 2 N–H and O–H groups in total. The van der Waals surface area contributed by atoms with E-state index in [1.165, 1.54) is 22.5 Å². The molecule has 0 atom stereocenters. The van der Waals surface area contributed by atoms with Crippen LogP contribution in [0.25, 0.3) is 0 Å². The molecular formula is C17H22N4O2. The van der Waals surface area contributed by atoms with E-state index in [0.717, 1.165) is 24.2 Å². The van der Waals surface area contributed by atoms with E-state index >= 15 is 0 Å². The van der Waals surface area contributed by atoms with Crippen LogP contribution in [0.2, 0.25) is 0 Å². The molecule has 6 nitrogen and oxygen atoms in total. The van der Waals surface area contributed by atoms with Gasteiger partial charge in [-0.15, -0.1) is 0 Å². The van der Waals surface area contributed by atoms with Gasteiger partial charge in [0.25, 0.3) is 5.56 Å². The predicted octanol–water partition coefficient (Wildman–Crippen LogP) is 2.19. The molecule has 0 saturated carbocycles. The highest BCUT2D eigenvalue weighted by Crippen LogP contribution is 2.09. The molecule has 0 spiro atoms. The van der Waals surface area contributed by atoms with Gasteiger partial charge in [-0.1, -0.05) is 26.0 Å². The molecule has 0 unspecified atom stereocenters. The Morgan fingerprint density at radius 3 is 2.52 bits per heavy atom. The van der Waals surface area contributed by atoms with Gasteiger partial charge < -0.3 is 10.6 Å². The highest BCUT2D eigenvalue weighted by atomic mass is 16.2. The summed E-state index contributed by atoms with van der Waals surface area (Å²) in [5, 5.41) is 5.49. The summed E-state index contributed by atoms with van der Waals surface area (Å²) in [6.07, 6.45) is 3.21. The monoisotopic (exact) mass is 314 g/mol. The molecule has 2 amide bonds. The van der Waals surface area contributed by atoms with Gasteiger partial charge in [0.15, 0.2) is 0 Å². The standard InChI is InChI=1S/C17H22N4O2/c1-3-13-5-7-15(8-6-13)20-17(23)18-9-10-21-12-19-14(4-2)11-16(21)22/h5-8,11-12H,3-4,9-10H2,1-2H3,(H2,18,20,23). The number of carbonyl (C=O) groups excluding carboxylic acids is 1. The van der Waals surface area contributed by atoms with Crippen molar-refractivity contribution in [3.63, 3.8) is 0 Å². The maximum Gasteiger partial charge on any atom is 0.319 e. The molecule has 23 heavy (non-hydrogen) atoms. The van der Waals surface area contributed by atoms with E-state index in [-0.39, 0.29) is 11.6 Å². The lowest BCUT2D eigenvalue weighted by Gasteiger charge is -2.09. The molecule has 2 aromatic rings. The van der Waals surface area contributed by atoms with Crippen LogP contribution < -0.4 is 16.2 Å². The number of nitrogens with one attached hydrogen (secondary N) is 2. The zero-order chi connectivity index (χ0) is 16.7. The number of hydrogen-bond acceptors (Lipinski definition) is 3. The van der Waals surface area contributed by atoms with Gasteiger partial charge in [-0.2, -0.15) is 0 Å². The van der Waals surface area contributed by atoms with Crippen LogP contribution in [-0.2, 0) is 19.4 Å². The summed E-state index contributed by atoms with van der Waals surface area (Å²) >= 11 is 0. The third-order valence-corrected chi connectivity index (χ3v) is 3.56. The van der Waals surface area contributed by atoms with Crippen molar-refractivity contribution in [3.8, 4) is 0 Å². The lowest BCUT2D eigenvalue weighted by Crippen LogP contribution is -2.33. The molecule has 122 valence electrons. The highest BCUT2D eigenvalue weighted by molar-refractivity contribution is 5.89. The average molecular weight is 314 g/mol. The zero-order valence-corrected chi connectivity index (χ0v) is 13.5. The third-order valence-electron chi connectivity index (χ3n) is 3.56. The van der Waals surface area contributed by atoms with E-state index in [4.69, 9.17) is 0 Å². The Hall–Kier alpha value is -2.63. The van der Waals surface area contributed by atoms with Gasteiger partial charge in [0.2, 0.25) is 0 Å². The van der Waals surface area contributed by atoms with Crippen molar-refractivity contribution in [2.45, 2.75) is 33.2 Å². The molecule has 1 heterocycles. The Balaban J connectivity index is 1.81. The van der Waals surface area contributed by atoms with Crippen molar-refractivity contribution in [1.82, 2.24) is 14.9 Å². The van der Waals surface area contributed by atoms with E-state index in [2.05, 4.69) is 22.5 Å². The molecule has 0 aliphatic heterocycles. The molecule has 0 radical (unpaired) electrons. The summed E-state index contributed by atoms with van der Waals surface area (Å²) in [6.45, 7) is 4.77. The van der Waals surface area contributed by atoms with Gasteiger partial charge in [0, 0.05) is 30.5 Å². The first-order chi connectivity index (χ1) is 11.1. The SMILES string of the molecule is CCc1ccc(NC(=O)NCCn2cnc(CC)cc2=O)cc1. The van der Waals surface area contributed by atoms with E-state index in [1.807, 2.05) is 31.2 Å². The zero-order valence-electron chi connectivity index (χ0n) is 13.5. The Morgan fingerprint density at radius 1 is 1.17 bits per heavy atom. The summed E-state index contributed by atoms with van der Waals surface area (Å²) in [4.78, 5) is 27.8. The number of anilines is 1. The first kappa shape index (κ1) is 16.7. The van der Waals surface area contributed by atoms with Gasteiger partial charge in [0.05, 0.1) is 6.33 Å². The van der Waals surface area contributed by atoms with Gasteiger partial charge >= 0.3 is 6.03 Å². The van der Waals surface area contributed by atoms with Crippen molar-refractivity contribution in [3.05, 3.63) is 58.3 Å². The minimum absolute atomic E-state index is 0.103. The summed E-state index contributed by atoms with van der Waals surface area (Å²) in [5.41, 5.74) is 2.63. The number of urea groups is 1. The van der Waals surface area contributed by atoms with Gasteiger partial charge in [-0.25, -0.2) is 9.78 Å². The highest BCUT2D eigenvalue weighted by Gasteiger charge is 2.03. The summed E-state index contributed by atoms with van der Waals surface area (Å²) in [7, 11) is 0. The summed E-state index contributed by atoms with van der Waals surface area (Å²) < 4.78 is 1.48. The van der Waals surface area contributed by atoms with Crippen molar-refractivity contribution >= 4 is 11.7 Å². The van der Waals surface area contributed by atoms with E-state index in [9.17, 15) is 9.59 Å². The summed E-state index contributed by atoms with van der Waals surface area (Å²) in [5.74, 6) is 0. The van der Waals surface area contributed by atoms with Crippen molar-refractivity contribution in [2.24, 2.45) is 0 Å². The minimum atomic E-state index is -0.291. The maximum atomic E-state index is 11.8. The number of aromatic nitrogens is 2. The number of carbonyl (C=O) groups is 1. The molecule has 1 aromatic carbocycles. The molecule has 0 bridgehead atoms. The Labute approximate surface area is 135 Å². The number of nitrogens with zero attached hydrogens (tertiary/aromatic N) is 2. The van der Waals surface area contributed by atoms with Crippen LogP contribution in [0, 0.1) is 0 Å². The Kier molecular flexibility index (Phi) is 5.91. The largest absolute Gasteiger partial charge is 0.336 e. The minimum Gasteiger partial charge on any atom is -0.336 e. The fourth-order valence-corrected chi connectivity index (χ4v) is 2.11. The molecule has 1 aromatic heterocycles. The van der Waals surface area contributed by atoms with Crippen LogP contribution in [-0.4, -0.2) is 22.1 Å². The second-order valence-electron chi connectivity index (χ2n) is 5.20. The number of rotatable bonds is 6. The van der Waals surface area contributed by atoms with Crippen molar-refractivity contribution < 1.29 is 4.79 Å². The van der Waals surface area contributed by atoms with Gasteiger partial charge in [0.1, 0.15) is 0 Å². The van der Waals surface area contributed by atoms with Crippen LogP contribution in [0.15, 0.2) is 41.5 Å². The first-order valence-electron chi connectivity index (χ1n) is 7.81. The lowest BCUT2D eigenvalue weighted by atomic mass is 10.1. The smallest absolute Gasteiger partial charge is 0.319 e. The Morgan fingerprint density at radius 2 is 1.91 bits per heavy atom. The number of hydrogen-bond donors (Lipinski definition) is 2. The summed E-state index contributed by atoms with van der Waals surface area (Å²) in [6, 6.07) is 8.94. The first-order valence-corrected chi connectivity index (χ1v) is 7.81. The molecule has 0 aliphatic carbocycles. The molecule has 0 aliphatic rings. The van der Waals surface area contributed by atoms with Crippen molar-refractivity contribution in [2.75, 3.05) is 11.9 Å². The number of benzene rings is 1. The molecule has 6 heteroatoms. The normalized spacial score (nSPS) is 10.3. The molecule has 0 saturated heterocycles. The van der Waals surface area contributed by atoms with Gasteiger partial charge in [-0.3, -0.25) is 9.36 Å². The van der Waals surface area contributed by atoms with Gasteiger partial charge in [-0.05, 0) is 30.5 Å². The molecule has 0 fully saturated rings. The second kappa shape index (κ2) is 8.12. The van der Waals surface area contributed by atoms with E-state index < -0.39 is 0 Å². The van der Waals surface area contributed by atoms with Crippen LogP contribution in [0.3, 0.4) is 0 Å². The quantitative estimate of drug-likeness (QED) is 0.858. The van der Waals surface area contributed by atoms with Crippen LogP contribution in [0.1, 0.15) is 25.1 Å². The molecule has 2 rings (SSSR count). The average Bonchev–Trinajstić information content (AvgIpc) is 2.57. The Bertz CT molecular complexity index is 707. The number of aryl methyl sites for hydroxylation is 2. The topological polar surface area (TPSA) is 76.0 Å². The maximum absolute atomic E-state index is 11.8. The van der Waals surface area contributed by atoms with Crippen LogP contribution >= 0.6 is 0 Å². The van der Waals surface area contributed by atoms with E-state index in [1.54, 1.807) is 0 Å². The fourth-order valence-electron chi connectivity index (χ4n) is 2.11. The fraction of sp³-hybridized carbons (Fsp3) is 0.353. The van der Waals surface area contributed by atoms with Crippen LogP contribution in [0.4, 0.5) is 10.5 Å². The van der Waals surface area contributed by atoms with Crippen molar-refractivity contribution in [1.29, 1.82) is 0 Å². The van der Waals surface area contributed by atoms with Crippen LogP contribution in [0.5, 0.6) is 0 Å². The third kappa shape index (κ3) is 4.95. The lowest BCUT2D eigenvalue weighted by molar-refractivity contribution is 0.251. The molecular weight excluding hydrogens is 292 g/mol. The second-order valence-corrected chi connectivity index (χ2v) is 5.20. The predicted molar refractivity (Wildman–Crippen MR) is 90.7 cm³/mol.